The number of nitrogens with zero attached hydrogens (tertiary/aromatic N) is 4. The lowest BCUT2D eigenvalue weighted by Gasteiger charge is -2.36. The molecule has 2 aromatic rings. The predicted molar refractivity (Wildman–Crippen MR) is 128 cm³/mol. The van der Waals surface area contributed by atoms with Crippen LogP contribution in [0, 0.1) is 0 Å². The number of nitrogens with one attached hydrogen (secondary N) is 1. The second-order valence-corrected chi connectivity index (χ2v) is 9.23. The zero-order valence-corrected chi connectivity index (χ0v) is 20.2. The molecule has 1 aliphatic heterocycles. The Morgan fingerprint density at radius 2 is 1.79 bits per heavy atom. The molecule has 1 aromatic heterocycles. The third kappa shape index (κ3) is 5.51. The third-order valence-corrected chi connectivity index (χ3v) is 6.88. The van der Waals surface area contributed by atoms with Crippen LogP contribution in [0.5, 0.6) is 5.75 Å². The Bertz CT molecular complexity index is 975. The molecule has 9 nitrogen and oxygen atoms in total. The molecule has 184 valence electrons. The summed E-state index contributed by atoms with van der Waals surface area (Å²) in [7, 11) is 1.68. The molecule has 2 aliphatic rings. The first-order valence-corrected chi connectivity index (χ1v) is 12.3. The van der Waals surface area contributed by atoms with E-state index in [1.807, 2.05) is 29.2 Å². The quantitative estimate of drug-likeness (QED) is 0.622. The number of amides is 2. The summed E-state index contributed by atoms with van der Waals surface area (Å²) in [5, 5.41) is 7.31. The van der Waals surface area contributed by atoms with Crippen molar-refractivity contribution in [1.29, 1.82) is 0 Å². The highest BCUT2D eigenvalue weighted by molar-refractivity contribution is 5.77. The average Bonchev–Trinajstić information content (AvgIpc) is 3.22. The average molecular weight is 470 g/mol. The summed E-state index contributed by atoms with van der Waals surface area (Å²) in [5.41, 5.74) is 0.491. The number of aromatic nitrogens is 2. The standard InChI is InChI=1S/C25H35N5O4/c1-19(31)27-25(13-7-3-4-8-14-25)24-26-22(34-28-24)11-12-23(32)30-17-15-29(16-18-30)20-9-5-6-10-21(20)33-2/h5-6,9-10H,3-4,7-8,11-18H2,1-2H3,(H,27,31). The first-order valence-electron chi connectivity index (χ1n) is 12.3. The van der Waals surface area contributed by atoms with Crippen LogP contribution in [0.25, 0.3) is 0 Å². The second kappa shape index (κ2) is 10.9. The Hall–Kier alpha value is -3.10. The Kier molecular flexibility index (Phi) is 7.70. The van der Waals surface area contributed by atoms with Gasteiger partial charge < -0.3 is 24.4 Å². The number of para-hydroxylation sites is 2. The second-order valence-electron chi connectivity index (χ2n) is 9.23. The number of methoxy groups -OCH3 is 1. The first-order chi connectivity index (χ1) is 16.5. The van der Waals surface area contributed by atoms with Gasteiger partial charge in [-0.05, 0) is 25.0 Å². The van der Waals surface area contributed by atoms with Crippen LogP contribution < -0.4 is 15.0 Å². The van der Waals surface area contributed by atoms with E-state index >= 15 is 0 Å². The monoisotopic (exact) mass is 469 g/mol. The van der Waals surface area contributed by atoms with E-state index in [1.165, 1.54) is 6.92 Å². The highest BCUT2D eigenvalue weighted by Crippen LogP contribution is 2.34. The minimum Gasteiger partial charge on any atom is -0.495 e. The maximum absolute atomic E-state index is 12.8. The molecule has 1 aromatic carbocycles. The molecule has 0 atom stereocenters. The van der Waals surface area contributed by atoms with E-state index in [-0.39, 0.29) is 11.8 Å². The lowest BCUT2D eigenvalue weighted by Crippen LogP contribution is -2.49. The van der Waals surface area contributed by atoms with Crippen LogP contribution in [0.1, 0.15) is 63.6 Å². The summed E-state index contributed by atoms with van der Waals surface area (Å²) in [4.78, 5) is 33.5. The van der Waals surface area contributed by atoms with Gasteiger partial charge in [0.25, 0.3) is 0 Å². The number of anilines is 1. The minimum atomic E-state index is -0.567. The summed E-state index contributed by atoms with van der Waals surface area (Å²) in [6.07, 6.45) is 6.66. The van der Waals surface area contributed by atoms with Crippen molar-refractivity contribution < 1.29 is 18.8 Å². The van der Waals surface area contributed by atoms with Crippen molar-refractivity contribution >= 4 is 17.5 Å². The molecule has 2 heterocycles. The number of carbonyl (C=O) groups excluding carboxylic acids is 2. The van der Waals surface area contributed by atoms with Crippen molar-refractivity contribution in [2.24, 2.45) is 0 Å². The van der Waals surface area contributed by atoms with E-state index in [9.17, 15) is 9.59 Å². The maximum Gasteiger partial charge on any atom is 0.227 e. The summed E-state index contributed by atoms with van der Waals surface area (Å²) in [6.45, 7) is 4.38. The van der Waals surface area contributed by atoms with Crippen molar-refractivity contribution in [2.75, 3.05) is 38.2 Å². The number of carbonyl (C=O) groups is 2. The van der Waals surface area contributed by atoms with E-state index in [0.29, 0.717) is 37.6 Å². The van der Waals surface area contributed by atoms with Gasteiger partial charge in [0, 0.05) is 45.9 Å². The van der Waals surface area contributed by atoms with Crippen LogP contribution in [0.4, 0.5) is 5.69 Å². The zero-order valence-electron chi connectivity index (χ0n) is 20.2. The molecule has 1 N–H and O–H groups in total. The van der Waals surface area contributed by atoms with Gasteiger partial charge in [-0.1, -0.05) is 43.0 Å². The summed E-state index contributed by atoms with van der Waals surface area (Å²) in [6, 6.07) is 7.96. The number of ether oxygens (including phenoxy) is 1. The molecule has 0 radical (unpaired) electrons. The molecule has 2 amide bonds. The van der Waals surface area contributed by atoms with E-state index in [2.05, 4.69) is 20.4 Å². The van der Waals surface area contributed by atoms with E-state index < -0.39 is 5.54 Å². The van der Waals surface area contributed by atoms with Gasteiger partial charge in [0.1, 0.15) is 11.3 Å². The van der Waals surface area contributed by atoms with Gasteiger partial charge in [-0.25, -0.2) is 0 Å². The fraction of sp³-hybridized carbons (Fsp3) is 0.600. The van der Waals surface area contributed by atoms with Gasteiger partial charge in [0.2, 0.25) is 17.7 Å². The molecular weight excluding hydrogens is 434 g/mol. The summed E-state index contributed by atoms with van der Waals surface area (Å²) in [5.74, 6) is 1.84. The molecule has 34 heavy (non-hydrogen) atoms. The van der Waals surface area contributed by atoms with Crippen molar-refractivity contribution in [3.05, 3.63) is 36.0 Å². The largest absolute Gasteiger partial charge is 0.495 e. The molecule has 1 saturated heterocycles. The van der Waals surface area contributed by atoms with Gasteiger partial charge in [-0.2, -0.15) is 4.98 Å². The smallest absolute Gasteiger partial charge is 0.227 e. The van der Waals surface area contributed by atoms with Crippen LogP contribution in [-0.2, 0) is 21.5 Å². The summed E-state index contributed by atoms with van der Waals surface area (Å²) < 4.78 is 11.0. The predicted octanol–water partition coefficient (Wildman–Crippen LogP) is 3.05. The van der Waals surface area contributed by atoms with Crippen LogP contribution in [0.2, 0.25) is 0 Å². The van der Waals surface area contributed by atoms with Crippen molar-refractivity contribution in [3.63, 3.8) is 0 Å². The molecule has 2 fully saturated rings. The molecule has 4 rings (SSSR count). The number of benzene rings is 1. The van der Waals surface area contributed by atoms with Gasteiger partial charge in [-0.3, -0.25) is 9.59 Å². The highest BCUT2D eigenvalue weighted by atomic mass is 16.5. The molecule has 1 saturated carbocycles. The third-order valence-electron chi connectivity index (χ3n) is 6.88. The maximum atomic E-state index is 12.8. The fourth-order valence-electron chi connectivity index (χ4n) is 5.08. The van der Waals surface area contributed by atoms with E-state index in [0.717, 1.165) is 63.1 Å². The number of hydrogen-bond donors (Lipinski definition) is 1. The van der Waals surface area contributed by atoms with Gasteiger partial charge in [0.05, 0.1) is 12.8 Å². The van der Waals surface area contributed by atoms with Gasteiger partial charge in [0.15, 0.2) is 5.82 Å². The topological polar surface area (TPSA) is 101 Å². The lowest BCUT2D eigenvalue weighted by atomic mass is 9.89. The van der Waals surface area contributed by atoms with Gasteiger partial charge in [-0.15, -0.1) is 0 Å². The Labute approximate surface area is 200 Å². The number of rotatable bonds is 7. The number of piperazine rings is 1. The van der Waals surface area contributed by atoms with Crippen molar-refractivity contribution in [3.8, 4) is 5.75 Å². The van der Waals surface area contributed by atoms with Crippen LogP contribution >= 0.6 is 0 Å². The van der Waals surface area contributed by atoms with E-state index in [1.54, 1.807) is 7.11 Å². The Balaban J connectivity index is 1.32. The SMILES string of the molecule is COc1ccccc1N1CCN(C(=O)CCc2nc(C3(NC(C)=O)CCCCCC3)no2)CC1. The summed E-state index contributed by atoms with van der Waals surface area (Å²) >= 11 is 0. The molecular formula is C25H35N5O4. The van der Waals surface area contributed by atoms with Gasteiger partial charge >= 0.3 is 0 Å². The number of aryl methyl sites for hydroxylation is 1. The highest BCUT2D eigenvalue weighted by Gasteiger charge is 2.38. The zero-order chi connectivity index (χ0) is 24.0. The van der Waals surface area contributed by atoms with Crippen molar-refractivity contribution in [1.82, 2.24) is 20.4 Å². The minimum absolute atomic E-state index is 0.0873. The van der Waals surface area contributed by atoms with E-state index in [4.69, 9.17) is 9.26 Å². The Morgan fingerprint density at radius 1 is 1.09 bits per heavy atom. The lowest BCUT2D eigenvalue weighted by molar-refractivity contribution is -0.131. The molecule has 1 aliphatic carbocycles. The Morgan fingerprint density at radius 3 is 2.47 bits per heavy atom. The van der Waals surface area contributed by atoms with Crippen molar-refractivity contribution in [2.45, 2.75) is 63.8 Å². The molecule has 0 bridgehead atoms. The van der Waals surface area contributed by atoms with Crippen LogP contribution in [0.15, 0.2) is 28.8 Å². The fourth-order valence-corrected chi connectivity index (χ4v) is 5.08. The normalized spacial score (nSPS) is 18.3. The molecule has 0 spiro atoms. The molecule has 9 heteroatoms. The van der Waals surface area contributed by atoms with Crippen LogP contribution in [-0.4, -0.2) is 60.1 Å². The number of hydrogen-bond acceptors (Lipinski definition) is 7. The van der Waals surface area contributed by atoms with Crippen LogP contribution in [0.3, 0.4) is 0 Å². The molecule has 0 unspecified atom stereocenters. The first kappa shape index (κ1) is 24.0.